The number of halogens is 1. The van der Waals surface area contributed by atoms with Gasteiger partial charge >= 0.3 is 0 Å². The molecule has 0 N–H and O–H groups in total. The lowest BCUT2D eigenvalue weighted by Gasteiger charge is -2.33. The minimum Gasteiger partial charge on any atom is -0.492 e. The monoisotopic (exact) mass is 331 g/mol. The lowest BCUT2D eigenvalue weighted by Crippen LogP contribution is -2.24. The van der Waals surface area contributed by atoms with E-state index in [0.717, 1.165) is 18.4 Å². The number of fused-ring (bicyclic) bond motifs is 1. The van der Waals surface area contributed by atoms with Crippen molar-refractivity contribution >= 4 is 17.3 Å². The van der Waals surface area contributed by atoms with Gasteiger partial charge in [-0.1, -0.05) is 34.1 Å². The van der Waals surface area contributed by atoms with Crippen molar-refractivity contribution in [1.82, 2.24) is 4.98 Å². The molecule has 1 heterocycles. The maximum Gasteiger partial charge on any atom is 0.146 e. The van der Waals surface area contributed by atoms with Crippen LogP contribution in [0.5, 0.6) is 5.75 Å². The van der Waals surface area contributed by atoms with Crippen LogP contribution in [-0.2, 0) is 4.79 Å². The van der Waals surface area contributed by atoms with E-state index in [0.29, 0.717) is 29.2 Å². The summed E-state index contributed by atoms with van der Waals surface area (Å²) < 4.78 is 20.7. The van der Waals surface area contributed by atoms with E-state index >= 15 is 0 Å². The molecule has 1 atom stereocenters. The summed E-state index contributed by atoms with van der Waals surface area (Å²) in [5, 5.41) is 0. The normalized spacial score (nSPS) is 17.2. The molecular formula is C20H26FNO2. The fourth-order valence-corrected chi connectivity index (χ4v) is 2.95. The minimum atomic E-state index is -0.396. The van der Waals surface area contributed by atoms with Gasteiger partial charge in [0.05, 0.1) is 17.7 Å². The summed E-state index contributed by atoms with van der Waals surface area (Å²) in [7, 11) is 0. The van der Waals surface area contributed by atoms with E-state index in [9.17, 15) is 9.18 Å². The fraction of sp³-hybridized carbons (Fsp3) is 0.550. The lowest BCUT2D eigenvalue weighted by molar-refractivity contribution is 0.303. The summed E-state index contributed by atoms with van der Waals surface area (Å²) in [5.41, 5.74) is 2.36. The van der Waals surface area contributed by atoms with E-state index in [1.807, 2.05) is 34.6 Å². The molecule has 0 radical (unpaired) electrons. The van der Waals surface area contributed by atoms with Crippen molar-refractivity contribution < 1.29 is 13.9 Å². The molecule has 1 unspecified atom stereocenters. The molecule has 1 aliphatic rings. The second kappa shape index (κ2) is 6.90. The van der Waals surface area contributed by atoms with Crippen molar-refractivity contribution in [2.75, 3.05) is 6.61 Å². The molecule has 4 heteroatoms. The van der Waals surface area contributed by atoms with Crippen molar-refractivity contribution in [2.24, 2.45) is 11.3 Å². The van der Waals surface area contributed by atoms with E-state index in [2.05, 4.69) is 17.8 Å². The number of hydrogen-bond donors (Lipinski definition) is 0. The van der Waals surface area contributed by atoms with Gasteiger partial charge in [-0.3, -0.25) is 0 Å². The van der Waals surface area contributed by atoms with Crippen LogP contribution in [0, 0.1) is 25.2 Å². The first-order chi connectivity index (χ1) is 11.2. The van der Waals surface area contributed by atoms with E-state index < -0.39 is 5.83 Å². The molecule has 3 nitrogen and oxygen atoms in total. The molecule has 0 amide bonds. The molecular weight excluding hydrogens is 305 g/mol. The summed E-state index contributed by atoms with van der Waals surface area (Å²) in [6.07, 6.45) is 3.39. The fourth-order valence-electron chi connectivity index (χ4n) is 2.95. The van der Waals surface area contributed by atoms with Crippen molar-refractivity contribution in [3.05, 3.63) is 28.6 Å². The molecule has 0 fully saturated rings. The average Bonchev–Trinajstić information content (AvgIpc) is 2.50. The van der Waals surface area contributed by atoms with Gasteiger partial charge in [-0.15, -0.1) is 0 Å². The first kappa shape index (κ1) is 18.4. The van der Waals surface area contributed by atoms with Gasteiger partial charge < -0.3 is 4.74 Å². The average molecular weight is 331 g/mol. The topological polar surface area (TPSA) is 39.2 Å². The number of carbonyl (C=O) groups excluding carboxylic acids is 1. The number of hydrogen-bond acceptors (Lipinski definition) is 3. The van der Waals surface area contributed by atoms with Gasteiger partial charge in [0, 0.05) is 17.2 Å². The van der Waals surface area contributed by atoms with Crippen LogP contribution in [-0.4, -0.2) is 17.5 Å². The van der Waals surface area contributed by atoms with Crippen LogP contribution in [0.3, 0.4) is 0 Å². The largest absolute Gasteiger partial charge is 0.492 e. The lowest BCUT2D eigenvalue weighted by atomic mass is 9.71. The predicted octanol–water partition coefficient (Wildman–Crippen LogP) is 5.08. The highest BCUT2D eigenvalue weighted by molar-refractivity contribution is 5.98. The molecule has 1 aliphatic carbocycles. The Morgan fingerprint density at radius 1 is 1.33 bits per heavy atom. The van der Waals surface area contributed by atoms with Crippen LogP contribution in [0.4, 0.5) is 4.39 Å². The predicted molar refractivity (Wildman–Crippen MR) is 95.2 cm³/mol. The van der Waals surface area contributed by atoms with E-state index in [-0.39, 0.29) is 17.0 Å². The standard InChI is InChI=1S/C20H26FNO2/c1-7-8-9-24-19-12(2)13(3)22-18-16(21)10-15(20(4,5)6)14(11-23)17(18)19/h10,15H,7-9H2,1-6H3. The molecule has 0 spiro atoms. The van der Waals surface area contributed by atoms with Crippen molar-refractivity contribution in [1.29, 1.82) is 0 Å². The van der Waals surface area contributed by atoms with E-state index in [4.69, 9.17) is 4.74 Å². The molecule has 0 bridgehead atoms. The maximum atomic E-state index is 14.7. The highest BCUT2D eigenvalue weighted by Gasteiger charge is 2.37. The quantitative estimate of drug-likeness (QED) is 0.570. The van der Waals surface area contributed by atoms with Gasteiger partial charge in [0.15, 0.2) is 0 Å². The Kier molecular flexibility index (Phi) is 5.29. The molecule has 24 heavy (non-hydrogen) atoms. The zero-order chi connectivity index (χ0) is 18.1. The van der Waals surface area contributed by atoms with Crippen LogP contribution in [0.15, 0.2) is 6.08 Å². The van der Waals surface area contributed by atoms with Gasteiger partial charge in [-0.25, -0.2) is 14.2 Å². The zero-order valence-electron chi connectivity index (χ0n) is 15.4. The smallest absolute Gasteiger partial charge is 0.146 e. The summed E-state index contributed by atoms with van der Waals surface area (Å²) in [6.45, 7) is 12.3. The number of unbranched alkanes of at least 4 members (excludes halogenated alkanes) is 1. The Morgan fingerprint density at radius 2 is 2.00 bits per heavy atom. The van der Waals surface area contributed by atoms with Gasteiger partial charge in [-0.2, -0.15) is 0 Å². The Hall–Kier alpha value is -1.93. The van der Waals surface area contributed by atoms with Gasteiger partial charge in [0.25, 0.3) is 0 Å². The molecule has 0 saturated heterocycles. The highest BCUT2D eigenvalue weighted by atomic mass is 19.1. The number of aromatic nitrogens is 1. The summed E-state index contributed by atoms with van der Waals surface area (Å²) in [6, 6.07) is 0. The van der Waals surface area contributed by atoms with Crippen LogP contribution in [0.2, 0.25) is 0 Å². The summed E-state index contributed by atoms with van der Waals surface area (Å²) in [5.74, 6) is 1.86. The highest BCUT2D eigenvalue weighted by Crippen LogP contribution is 2.48. The molecule has 130 valence electrons. The van der Waals surface area contributed by atoms with Crippen LogP contribution >= 0.6 is 0 Å². The van der Waals surface area contributed by atoms with E-state index in [1.54, 1.807) is 0 Å². The van der Waals surface area contributed by atoms with Crippen LogP contribution in [0.1, 0.15) is 63.1 Å². The Bertz CT molecular complexity index is 722. The molecule has 1 aromatic rings. The van der Waals surface area contributed by atoms with Crippen molar-refractivity contribution in [2.45, 2.75) is 54.4 Å². The van der Waals surface area contributed by atoms with Crippen molar-refractivity contribution in [3.63, 3.8) is 0 Å². The van der Waals surface area contributed by atoms with Crippen LogP contribution < -0.4 is 4.74 Å². The van der Waals surface area contributed by atoms with E-state index in [1.165, 1.54) is 6.08 Å². The number of aryl methyl sites for hydroxylation is 1. The molecule has 0 aromatic carbocycles. The second-order valence-corrected chi connectivity index (χ2v) is 7.45. The number of nitrogens with zero attached hydrogens (tertiary/aromatic N) is 1. The van der Waals surface area contributed by atoms with Gasteiger partial charge in [0.1, 0.15) is 23.2 Å². The summed E-state index contributed by atoms with van der Waals surface area (Å²) in [4.78, 5) is 16.1. The van der Waals surface area contributed by atoms with Crippen molar-refractivity contribution in [3.8, 4) is 5.75 Å². The first-order valence-corrected chi connectivity index (χ1v) is 8.49. The number of ether oxygens (including phenoxy) is 1. The number of pyridine rings is 1. The zero-order valence-corrected chi connectivity index (χ0v) is 15.4. The molecule has 0 aliphatic heterocycles. The first-order valence-electron chi connectivity index (χ1n) is 8.49. The molecule has 0 saturated carbocycles. The van der Waals surface area contributed by atoms with Crippen LogP contribution in [0.25, 0.3) is 11.4 Å². The van der Waals surface area contributed by atoms with Gasteiger partial charge in [-0.05, 0) is 31.8 Å². The third-order valence-electron chi connectivity index (χ3n) is 4.53. The maximum absolute atomic E-state index is 14.7. The number of allylic oxidation sites excluding steroid dienone is 2. The minimum absolute atomic E-state index is 0.198. The second-order valence-electron chi connectivity index (χ2n) is 7.45. The molecule has 2 rings (SSSR count). The third kappa shape index (κ3) is 3.29. The Balaban J connectivity index is 2.70. The van der Waals surface area contributed by atoms with Gasteiger partial charge in [0.2, 0.25) is 0 Å². The Morgan fingerprint density at radius 3 is 2.54 bits per heavy atom. The third-order valence-corrected chi connectivity index (χ3v) is 4.53. The molecule has 1 aromatic heterocycles. The number of rotatable bonds is 4. The Labute approximate surface area is 143 Å². The SMILES string of the molecule is CCCCOc1c(C)c(C)nc2c1C(=C=O)C(C(C)(C)C)C=C2F. The summed E-state index contributed by atoms with van der Waals surface area (Å²) >= 11 is 0.